The lowest BCUT2D eigenvalue weighted by atomic mass is 10.1. The van der Waals surface area contributed by atoms with Crippen molar-refractivity contribution < 1.29 is 4.74 Å². The first kappa shape index (κ1) is 12.1. The average molecular weight is 248 g/mol. The molecule has 0 radical (unpaired) electrons. The van der Waals surface area contributed by atoms with Gasteiger partial charge in [-0.3, -0.25) is 0 Å². The molecule has 0 spiro atoms. The Balaban J connectivity index is 2.25. The third-order valence-electron chi connectivity index (χ3n) is 2.58. The van der Waals surface area contributed by atoms with Gasteiger partial charge >= 0.3 is 0 Å². The quantitative estimate of drug-likeness (QED) is 0.904. The standard InChI is InChI=1S/C13H16N2OS/c1-9-3-4-12(16-2)10(5-9)6-11-8-17-13(7-14)15-11/h3-5,8H,6-7,14H2,1-2H3. The molecule has 0 saturated carbocycles. The zero-order chi connectivity index (χ0) is 12.3. The molecule has 1 heterocycles. The minimum atomic E-state index is 0.510. The first-order valence-corrected chi connectivity index (χ1v) is 6.37. The van der Waals surface area contributed by atoms with Gasteiger partial charge in [0.25, 0.3) is 0 Å². The molecule has 17 heavy (non-hydrogen) atoms. The maximum Gasteiger partial charge on any atom is 0.122 e. The molecular weight excluding hydrogens is 232 g/mol. The normalized spacial score (nSPS) is 10.5. The fourth-order valence-electron chi connectivity index (χ4n) is 1.76. The number of aryl methyl sites for hydroxylation is 1. The van der Waals surface area contributed by atoms with Crippen molar-refractivity contribution >= 4 is 11.3 Å². The van der Waals surface area contributed by atoms with E-state index in [1.807, 2.05) is 6.07 Å². The van der Waals surface area contributed by atoms with Crippen molar-refractivity contribution in [3.05, 3.63) is 45.4 Å². The number of ether oxygens (including phenoxy) is 1. The lowest BCUT2D eigenvalue weighted by molar-refractivity contribution is 0.410. The molecule has 0 aliphatic carbocycles. The zero-order valence-corrected chi connectivity index (χ0v) is 10.9. The maximum atomic E-state index is 5.56. The van der Waals surface area contributed by atoms with Crippen molar-refractivity contribution in [2.75, 3.05) is 7.11 Å². The second-order valence-corrected chi connectivity index (χ2v) is 4.87. The molecule has 0 amide bonds. The number of methoxy groups -OCH3 is 1. The van der Waals surface area contributed by atoms with Gasteiger partial charge in [0.05, 0.1) is 12.8 Å². The summed E-state index contributed by atoms with van der Waals surface area (Å²) in [6, 6.07) is 6.19. The predicted octanol–water partition coefficient (Wildman–Crippen LogP) is 2.51. The van der Waals surface area contributed by atoms with Gasteiger partial charge in [-0.15, -0.1) is 11.3 Å². The summed E-state index contributed by atoms with van der Waals surface area (Å²) in [7, 11) is 1.69. The number of rotatable bonds is 4. The molecule has 2 aromatic rings. The molecule has 4 heteroatoms. The van der Waals surface area contributed by atoms with Crippen molar-refractivity contribution in [3.63, 3.8) is 0 Å². The minimum Gasteiger partial charge on any atom is -0.496 e. The molecule has 0 atom stereocenters. The number of nitrogens with two attached hydrogens (primary N) is 1. The van der Waals surface area contributed by atoms with Crippen LogP contribution in [0.25, 0.3) is 0 Å². The van der Waals surface area contributed by atoms with Gasteiger partial charge < -0.3 is 10.5 Å². The van der Waals surface area contributed by atoms with Crippen molar-refractivity contribution in [2.45, 2.75) is 19.9 Å². The second kappa shape index (κ2) is 5.29. The molecule has 0 aliphatic rings. The summed E-state index contributed by atoms with van der Waals surface area (Å²) >= 11 is 1.61. The van der Waals surface area contributed by atoms with Crippen molar-refractivity contribution in [1.29, 1.82) is 0 Å². The van der Waals surface area contributed by atoms with Crippen LogP contribution in [0.4, 0.5) is 0 Å². The van der Waals surface area contributed by atoms with Crippen molar-refractivity contribution in [2.24, 2.45) is 5.73 Å². The van der Waals surface area contributed by atoms with E-state index in [0.29, 0.717) is 6.54 Å². The van der Waals surface area contributed by atoms with E-state index in [2.05, 4.69) is 29.4 Å². The molecule has 0 fully saturated rings. The summed E-state index contributed by atoms with van der Waals surface area (Å²) in [4.78, 5) is 4.47. The Bertz CT molecular complexity index is 508. The Morgan fingerprint density at radius 3 is 2.88 bits per heavy atom. The van der Waals surface area contributed by atoms with E-state index in [9.17, 15) is 0 Å². The number of hydrogen-bond acceptors (Lipinski definition) is 4. The van der Waals surface area contributed by atoms with Crippen LogP contribution in [-0.2, 0) is 13.0 Å². The van der Waals surface area contributed by atoms with Crippen LogP contribution in [-0.4, -0.2) is 12.1 Å². The van der Waals surface area contributed by atoms with Gasteiger partial charge in [-0.25, -0.2) is 4.98 Å². The predicted molar refractivity (Wildman–Crippen MR) is 70.5 cm³/mol. The summed E-state index contributed by atoms with van der Waals surface area (Å²) in [5.41, 5.74) is 9.01. The minimum absolute atomic E-state index is 0.510. The molecule has 0 unspecified atom stereocenters. The number of nitrogens with zero attached hydrogens (tertiary/aromatic N) is 1. The van der Waals surface area contributed by atoms with Gasteiger partial charge in [-0.05, 0) is 13.0 Å². The SMILES string of the molecule is COc1ccc(C)cc1Cc1csc(CN)n1. The fourth-order valence-corrected chi connectivity index (χ4v) is 2.44. The van der Waals surface area contributed by atoms with Crippen LogP contribution < -0.4 is 10.5 Å². The Morgan fingerprint density at radius 1 is 1.41 bits per heavy atom. The Morgan fingerprint density at radius 2 is 2.24 bits per heavy atom. The lowest BCUT2D eigenvalue weighted by Gasteiger charge is -2.08. The van der Waals surface area contributed by atoms with Crippen LogP contribution in [0.15, 0.2) is 23.6 Å². The highest BCUT2D eigenvalue weighted by Gasteiger charge is 2.07. The number of aromatic nitrogens is 1. The van der Waals surface area contributed by atoms with Gasteiger partial charge in [-0.1, -0.05) is 17.7 Å². The summed E-state index contributed by atoms with van der Waals surface area (Å²) in [5, 5.41) is 3.04. The smallest absolute Gasteiger partial charge is 0.122 e. The third kappa shape index (κ3) is 2.84. The van der Waals surface area contributed by atoms with Crippen LogP contribution in [0.5, 0.6) is 5.75 Å². The highest BCUT2D eigenvalue weighted by atomic mass is 32.1. The number of thiazole rings is 1. The molecule has 3 nitrogen and oxygen atoms in total. The van der Waals surface area contributed by atoms with Gasteiger partial charge in [0.1, 0.15) is 10.8 Å². The Labute approximate surface area is 105 Å². The lowest BCUT2D eigenvalue weighted by Crippen LogP contribution is -1.97. The van der Waals surface area contributed by atoms with Gasteiger partial charge in [0, 0.05) is 23.9 Å². The topological polar surface area (TPSA) is 48.1 Å². The molecule has 1 aromatic heterocycles. The van der Waals surface area contributed by atoms with E-state index in [0.717, 1.165) is 22.9 Å². The Kier molecular flexibility index (Phi) is 3.76. The first-order chi connectivity index (χ1) is 8.22. The van der Waals surface area contributed by atoms with Gasteiger partial charge in [0.15, 0.2) is 0 Å². The van der Waals surface area contributed by atoms with Crippen LogP contribution in [0.2, 0.25) is 0 Å². The van der Waals surface area contributed by atoms with E-state index in [4.69, 9.17) is 10.5 Å². The Hall–Kier alpha value is -1.39. The van der Waals surface area contributed by atoms with Crippen LogP contribution in [0, 0.1) is 6.92 Å². The highest BCUT2D eigenvalue weighted by molar-refractivity contribution is 7.09. The first-order valence-electron chi connectivity index (χ1n) is 5.50. The number of hydrogen-bond donors (Lipinski definition) is 1. The maximum absolute atomic E-state index is 5.56. The molecule has 0 aliphatic heterocycles. The molecule has 2 N–H and O–H groups in total. The van der Waals surface area contributed by atoms with Gasteiger partial charge in [0.2, 0.25) is 0 Å². The van der Waals surface area contributed by atoms with Crippen LogP contribution in [0.1, 0.15) is 21.8 Å². The van der Waals surface area contributed by atoms with Gasteiger partial charge in [-0.2, -0.15) is 0 Å². The molecule has 90 valence electrons. The summed E-state index contributed by atoms with van der Waals surface area (Å²) in [6.45, 7) is 2.59. The number of benzene rings is 1. The van der Waals surface area contributed by atoms with E-state index < -0.39 is 0 Å². The van der Waals surface area contributed by atoms with E-state index in [1.54, 1.807) is 18.4 Å². The molecular formula is C13H16N2OS. The van der Waals surface area contributed by atoms with E-state index >= 15 is 0 Å². The van der Waals surface area contributed by atoms with E-state index in [-0.39, 0.29) is 0 Å². The molecule has 0 bridgehead atoms. The van der Waals surface area contributed by atoms with Crippen LogP contribution in [0.3, 0.4) is 0 Å². The summed E-state index contributed by atoms with van der Waals surface area (Å²) < 4.78 is 5.36. The second-order valence-electron chi connectivity index (χ2n) is 3.93. The zero-order valence-electron chi connectivity index (χ0n) is 10.1. The summed E-state index contributed by atoms with van der Waals surface area (Å²) in [6.07, 6.45) is 0.793. The molecule has 1 aromatic carbocycles. The van der Waals surface area contributed by atoms with Crippen molar-refractivity contribution in [1.82, 2.24) is 4.98 Å². The summed E-state index contributed by atoms with van der Waals surface area (Å²) in [5.74, 6) is 0.915. The molecule has 2 rings (SSSR count). The van der Waals surface area contributed by atoms with E-state index in [1.165, 1.54) is 11.1 Å². The third-order valence-corrected chi connectivity index (χ3v) is 3.50. The van der Waals surface area contributed by atoms with Crippen molar-refractivity contribution in [3.8, 4) is 5.75 Å². The fraction of sp³-hybridized carbons (Fsp3) is 0.308. The largest absolute Gasteiger partial charge is 0.496 e. The van der Waals surface area contributed by atoms with Crippen LogP contribution >= 0.6 is 11.3 Å². The molecule has 0 saturated heterocycles. The monoisotopic (exact) mass is 248 g/mol. The highest BCUT2D eigenvalue weighted by Crippen LogP contribution is 2.23. The average Bonchev–Trinajstić information content (AvgIpc) is 2.77.